The van der Waals surface area contributed by atoms with Gasteiger partial charge in [-0.3, -0.25) is 15.2 Å². The summed E-state index contributed by atoms with van der Waals surface area (Å²) in [7, 11) is 0. The number of H-pyrrole nitrogens is 1. The number of benzene rings is 1. The SMILES string of the molecule is CCc1nc(Sc2ccc(Cl)cc2[N+](=O)[O-])n[nH]1. The molecule has 8 heteroatoms. The monoisotopic (exact) mass is 284 g/mol. The fraction of sp³-hybridized carbons (Fsp3) is 0.200. The van der Waals surface area contributed by atoms with Crippen LogP contribution in [0.2, 0.25) is 5.02 Å². The Labute approximate surface area is 112 Å². The van der Waals surface area contributed by atoms with Gasteiger partial charge >= 0.3 is 0 Å². The molecule has 2 aromatic rings. The van der Waals surface area contributed by atoms with Gasteiger partial charge in [-0.1, -0.05) is 18.5 Å². The molecule has 1 heterocycles. The third kappa shape index (κ3) is 2.80. The van der Waals surface area contributed by atoms with Crippen LogP contribution in [0.5, 0.6) is 0 Å². The van der Waals surface area contributed by atoms with Crippen molar-refractivity contribution in [2.24, 2.45) is 0 Å². The van der Waals surface area contributed by atoms with Crippen LogP contribution in [0.3, 0.4) is 0 Å². The maximum atomic E-state index is 10.9. The van der Waals surface area contributed by atoms with Gasteiger partial charge in [0.05, 0.1) is 9.82 Å². The van der Waals surface area contributed by atoms with E-state index in [2.05, 4.69) is 15.2 Å². The highest BCUT2D eigenvalue weighted by molar-refractivity contribution is 7.99. The first kappa shape index (κ1) is 12.8. The van der Waals surface area contributed by atoms with E-state index in [0.29, 0.717) is 15.1 Å². The summed E-state index contributed by atoms with van der Waals surface area (Å²) in [6.45, 7) is 1.94. The number of halogens is 1. The van der Waals surface area contributed by atoms with Gasteiger partial charge in [-0.25, -0.2) is 4.98 Å². The molecule has 0 fully saturated rings. The molecular formula is C10H9ClN4O2S. The van der Waals surface area contributed by atoms with Gasteiger partial charge in [0.2, 0.25) is 5.16 Å². The summed E-state index contributed by atoms with van der Waals surface area (Å²) in [6.07, 6.45) is 0.732. The molecule has 1 N–H and O–H groups in total. The van der Waals surface area contributed by atoms with Crippen LogP contribution in [0.15, 0.2) is 28.3 Å². The Kier molecular flexibility index (Phi) is 3.83. The highest BCUT2D eigenvalue weighted by Crippen LogP contribution is 2.34. The molecule has 18 heavy (non-hydrogen) atoms. The Balaban J connectivity index is 2.30. The van der Waals surface area contributed by atoms with E-state index in [1.54, 1.807) is 12.1 Å². The standard InChI is InChI=1S/C10H9ClN4O2S/c1-2-9-12-10(14-13-9)18-8-4-3-6(11)5-7(8)15(16)17/h3-5H,2H2,1H3,(H,12,13,14). The summed E-state index contributed by atoms with van der Waals surface area (Å²) in [5.74, 6) is 0.745. The number of nitro benzene ring substituents is 1. The van der Waals surface area contributed by atoms with E-state index in [4.69, 9.17) is 11.6 Å². The van der Waals surface area contributed by atoms with E-state index in [1.165, 1.54) is 6.07 Å². The molecule has 0 saturated carbocycles. The van der Waals surface area contributed by atoms with Crippen molar-refractivity contribution in [1.82, 2.24) is 15.2 Å². The maximum Gasteiger partial charge on any atom is 0.284 e. The van der Waals surface area contributed by atoms with Crippen molar-refractivity contribution >= 4 is 29.1 Å². The van der Waals surface area contributed by atoms with Crippen LogP contribution in [-0.4, -0.2) is 20.1 Å². The lowest BCUT2D eigenvalue weighted by Crippen LogP contribution is -1.91. The molecule has 0 radical (unpaired) electrons. The first-order chi connectivity index (χ1) is 8.60. The van der Waals surface area contributed by atoms with Crippen molar-refractivity contribution in [1.29, 1.82) is 0 Å². The van der Waals surface area contributed by atoms with E-state index >= 15 is 0 Å². The molecular weight excluding hydrogens is 276 g/mol. The maximum absolute atomic E-state index is 10.9. The predicted molar refractivity (Wildman–Crippen MR) is 68.0 cm³/mol. The van der Waals surface area contributed by atoms with Gasteiger partial charge in [0.1, 0.15) is 5.82 Å². The molecule has 0 bridgehead atoms. The van der Waals surface area contributed by atoms with Gasteiger partial charge in [-0.2, -0.15) is 0 Å². The fourth-order valence-corrected chi connectivity index (χ4v) is 2.28. The summed E-state index contributed by atoms with van der Waals surface area (Å²) in [5.41, 5.74) is -0.0460. The molecule has 0 aliphatic carbocycles. The van der Waals surface area contributed by atoms with Gasteiger partial charge in [0, 0.05) is 17.5 Å². The predicted octanol–water partition coefficient (Wildman–Crippen LogP) is 3.08. The first-order valence-electron chi connectivity index (χ1n) is 5.13. The first-order valence-corrected chi connectivity index (χ1v) is 6.32. The van der Waals surface area contributed by atoms with Crippen LogP contribution in [0.25, 0.3) is 0 Å². The number of aryl methyl sites for hydroxylation is 1. The molecule has 1 aromatic heterocycles. The highest BCUT2D eigenvalue weighted by atomic mass is 35.5. The molecule has 1 aromatic carbocycles. The smallest absolute Gasteiger partial charge is 0.262 e. The summed E-state index contributed by atoms with van der Waals surface area (Å²) in [6, 6.07) is 4.51. The van der Waals surface area contributed by atoms with E-state index in [-0.39, 0.29) is 5.69 Å². The Hall–Kier alpha value is -1.60. The second-order valence-electron chi connectivity index (χ2n) is 3.39. The molecule has 0 aliphatic heterocycles. The number of nitrogens with one attached hydrogen (secondary N) is 1. The Morgan fingerprint density at radius 3 is 2.94 bits per heavy atom. The van der Waals surface area contributed by atoms with Crippen molar-refractivity contribution in [3.63, 3.8) is 0 Å². The molecule has 6 nitrogen and oxygen atoms in total. The zero-order valence-electron chi connectivity index (χ0n) is 9.38. The van der Waals surface area contributed by atoms with Crippen molar-refractivity contribution in [2.45, 2.75) is 23.4 Å². The summed E-state index contributed by atoms with van der Waals surface area (Å²) in [4.78, 5) is 15.1. The Bertz CT molecular complexity index is 587. The van der Waals surface area contributed by atoms with E-state index in [0.717, 1.165) is 24.0 Å². The zero-order chi connectivity index (χ0) is 13.1. The average Bonchev–Trinajstić information content (AvgIpc) is 2.79. The molecule has 0 aliphatic rings. The van der Waals surface area contributed by atoms with E-state index in [1.807, 2.05) is 6.92 Å². The van der Waals surface area contributed by atoms with Crippen LogP contribution in [0.1, 0.15) is 12.7 Å². The Morgan fingerprint density at radius 1 is 1.56 bits per heavy atom. The highest BCUT2D eigenvalue weighted by Gasteiger charge is 2.17. The van der Waals surface area contributed by atoms with Gasteiger partial charge in [-0.05, 0) is 23.9 Å². The van der Waals surface area contributed by atoms with Gasteiger partial charge in [0.25, 0.3) is 5.69 Å². The van der Waals surface area contributed by atoms with Crippen LogP contribution < -0.4 is 0 Å². The summed E-state index contributed by atoms with van der Waals surface area (Å²) >= 11 is 6.87. The quantitative estimate of drug-likeness (QED) is 0.689. The lowest BCUT2D eigenvalue weighted by Gasteiger charge is -1.99. The molecule has 94 valence electrons. The topological polar surface area (TPSA) is 84.7 Å². The van der Waals surface area contributed by atoms with Crippen LogP contribution in [-0.2, 0) is 6.42 Å². The number of nitrogens with zero attached hydrogens (tertiary/aromatic N) is 3. The normalized spacial score (nSPS) is 10.6. The van der Waals surface area contributed by atoms with Crippen molar-refractivity contribution in [3.05, 3.63) is 39.2 Å². The number of hydrogen-bond acceptors (Lipinski definition) is 5. The van der Waals surface area contributed by atoms with Crippen LogP contribution >= 0.6 is 23.4 Å². The molecule has 2 rings (SSSR count). The average molecular weight is 285 g/mol. The van der Waals surface area contributed by atoms with E-state index in [9.17, 15) is 10.1 Å². The Morgan fingerprint density at radius 2 is 2.33 bits per heavy atom. The zero-order valence-corrected chi connectivity index (χ0v) is 11.0. The minimum atomic E-state index is -0.471. The third-order valence-electron chi connectivity index (χ3n) is 2.17. The van der Waals surface area contributed by atoms with Crippen molar-refractivity contribution < 1.29 is 4.92 Å². The van der Waals surface area contributed by atoms with Crippen LogP contribution in [0.4, 0.5) is 5.69 Å². The number of aromatic nitrogens is 3. The molecule has 0 saturated heterocycles. The number of aromatic amines is 1. The van der Waals surface area contributed by atoms with Crippen LogP contribution in [0, 0.1) is 10.1 Å². The van der Waals surface area contributed by atoms with Crippen molar-refractivity contribution in [3.8, 4) is 0 Å². The lowest BCUT2D eigenvalue weighted by atomic mass is 10.3. The number of rotatable bonds is 4. The second-order valence-corrected chi connectivity index (χ2v) is 4.83. The van der Waals surface area contributed by atoms with Gasteiger partial charge in [0.15, 0.2) is 0 Å². The molecule has 0 spiro atoms. The minimum Gasteiger partial charge on any atom is -0.262 e. The summed E-state index contributed by atoms with van der Waals surface area (Å²) < 4.78 is 0. The molecule has 0 unspecified atom stereocenters. The van der Waals surface area contributed by atoms with Gasteiger partial charge < -0.3 is 0 Å². The molecule has 0 amide bonds. The summed E-state index contributed by atoms with van der Waals surface area (Å²) in [5, 5.41) is 18.4. The fourth-order valence-electron chi connectivity index (χ4n) is 1.30. The third-order valence-corrected chi connectivity index (χ3v) is 3.33. The largest absolute Gasteiger partial charge is 0.284 e. The van der Waals surface area contributed by atoms with Crippen molar-refractivity contribution in [2.75, 3.05) is 0 Å². The second kappa shape index (κ2) is 5.36. The van der Waals surface area contributed by atoms with Gasteiger partial charge in [-0.15, -0.1) is 5.10 Å². The van der Waals surface area contributed by atoms with E-state index < -0.39 is 4.92 Å². The number of nitro groups is 1. The molecule has 0 atom stereocenters. The number of hydrogen-bond donors (Lipinski definition) is 1. The lowest BCUT2D eigenvalue weighted by molar-refractivity contribution is -0.387. The minimum absolute atomic E-state index is 0.0460.